The molecule has 0 spiro atoms. The molecule has 1 aliphatic rings. The van der Waals surface area contributed by atoms with Gasteiger partial charge in [-0.2, -0.15) is 4.74 Å². The molecule has 1 heterocycles. The zero-order valence-corrected chi connectivity index (χ0v) is 13.3. The van der Waals surface area contributed by atoms with Crippen molar-refractivity contribution in [2.24, 2.45) is 0 Å². The number of nitro groups is 1. The molecular formula is C17H17N3O4. The Morgan fingerprint density at radius 3 is 2.29 bits per heavy atom. The topological polar surface area (TPSA) is 92.7 Å². The summed E-state index contributed by atoms with van der Waals surface area (Å²) in [5.74, 6) is 0. The van der Waals surface area contributed by atoms with E-state index >= 15 is 0 Å². The minimum atomic E-state index is -1.36. The zero-order valence-electron chi connectivity index (χ0n) is 13.3. The molecule has 0 radical (unpaired) electrons. The second-order valence-electron chi connectivity index (χ2n) is 5.89. The maximum absolute atomic E-state index is 13.0. The van der Waals surface area contributed by atoms with Crippen molar-refractivity contribution in [2.75, 3.05) is 0 Å². The molecule has 0 aromatic heterocycles. The van der Waals surface area contributed by atoms with Gasteiger partial charge in [-0.3, -0.25) is 10.1 Å². The van der Waals surface area contributed by atoms with E-state index in [-0.39, 0.29) is 5.69 Å². The van der Waals surface area contributed by atoms with Crippen molar-refractivity contribution in [1.29, 1.82) is 0 Å². The van der Waals surface area contributed by atoms with Crippen LogP contribution in [0.5, 0.6) is 0 Å². The highest BCUT2D eigenvalue weighted by molar-refractivity contribution is 6.01. The molecule has 2 aromatic carbocycles. The second-order valence-corrected chi connectivity index (χ2v) is 5.89. The van der Waals surface area contributed by atoms with E-state index in [2.05, 4.69) is 0 Å². The van der Waals surface area contributed by atoms with Crippen LogP contribution in [0.15, 0.2) is 54.6 Å². The van der Waals surface area contributed by atoms with Gasteiger partial charge < -0.3 is 10.4 Å². The SMILES string of the molecule is C[C@H]1C(c2ccccc2)=[N+]([O-])[C@@](C)(c2ccc([N+](=O)[O-])cc2)N1O. The van der Waals surface area contributed by atoms with Crippen LogP contribution in [-0.2, 0) is 5.66 Å². The van der Waals surface area contributed by atoms with Gasteiger partial charge in [-0.05, 0) is 31.2 Å². The maximum Gasteiger partial charge on any atom is 0.274 e. The largest absolute Gasteiger partial charge is 0.622 e. The third-order valence-electron chi connectivity index (χ3n) is 4.52. The van der Waals surface area contributed by atoms with Crippen LogP contribution in [0, 0.1) is 15.3 Å². The summed E-state index contributed by atoms with van der Waals surface area (Å²) in [6.07, 6.45) is 0. The smallest absolute Gasteiger partial charge is 0.274 e. The van der Waals surface area contributed by atoms with E-state index in [1.807, 2.05) is 30.3 Å². The van der Waals surface area contributed by atoms with Gasteiger partial charge in [-0.1, -0.05) is 18.2 Å². The van der Waals surface area contributed by atoms with Gasteiger partial charge >= 0.3 is 0 Å². The van der Waals surface area contributed by atoms with E-state index in [0.29, 0.717) is 11.3 Å². The minimum Gasteiger partial charge on any atom is -0.622 e. The third kappa shape index (κ3) is 2.26. The van der Waals surface area contributed by atoms with Crippen LogP contribution in [0.1, 0.15) is 25.0 Å². The van der Waals surface area contributed by atoms with E-state index in [9.17, 15) is 20.5 Å². The maximum atomic E-state index is 13.0. The number of hydrogen-bond donors (Lipinski definition) is 1. The van der Waals surface area contributed by atoms with Crippen molar-refractivity contribution in [3.05, 3.63) is 81.0 Å². The number of hydroxylamine groups is 3. The lowest BCUT2D eigenvalue weighted by atomic mass is 10.0. The molecule has 1 N–H and O–H groups in total. The average Bonchev–Trinajstić information content (AvgIpc) is 2.77. The molecule has 1 aliphatic heterocycles. The molecule has 0 aliphatic carbocycles. The monoisotopic (exact) mass is 327 g/mol. The van der Waals surface area contributed by atoms with Gasteiger partial charge in [0.1, 0.15) is 6.04 Å². The van der Waals surface area contributed by atoms with Gasteiger partial charge in [0.05, 0.1) is 4.92 Å². The van der Waals surface area contributed by atoms with Crippen LogP contribution in [0.3, 0.4) is 0 Å². The number of benzene rings is 2. The standard InChI is InChI=1S/C17H17N3O4/c1-12-16(13-6-4-3-5-7-13)19(22)17(2,18(12)21)14-8-10-15(11-9-14)20(23)24/h3-12,21H,1-2H3/t12-,17-/m0/s1. The molecule has 124 valence electrons. The summed E-state index contributed by atoms with van der Waals surface area (Å²) in [7, 11) is 0. The van der Waals surface area contributed by atoms with Gasteiger partial charge in [0.25, 0.3) is 11.4 Å². The predicted octanol–water partition coefficient (Wildman–Crippen LogP) is 2.86. The Labute approximate surface area is 138 Å². The third-order valence-corrected chi connectivity index (χ3v) is 4.52. The first kappa shape index (κ1) is 16.1. The molecule has 7 nitrogen and oxygen atoms in total. The highest BCUT2D eigenvalue weighted by atomic mass is 16.6. The molecule has 24 heavy (non-hydrogen) atoms. The fraction of sp³-hybridized carbons (Fsp3) is 0.235. The van der Waals surface area contributed by atoms with Crippen molar-refractivity contribution in [3.63, 3.8) is 0 Å². The Balaban J connectivity index is 2.12. The number of nitrogens with zero attached hydrogens (tertiary/aromatic N) is 3. The van der Waals surface area contributed by atoms with Gasteiger partial charge in [0.2, 0.25) is 5.71 Å². The zero-order chi connectivity index (χ0) is 17.5. The Kier molecular flexibility index (Phi) is 3.82. The minimum absolute atomic E-state index is 0.0670. The quantitative estimate of drug-likeness (QED) is 0.405. The molecule has 0 fully saturated rings. The fourth-order valence-electron chi connectivity index (χ4n) is 3.11. The highest BCUT2D eigenvalue weighted by Crippen LogP contribution is 2.36. The molecule has 7 heteroatoms. The lowest BCUT2D eigenvalue weighted by Gasteiger charge is -2.29. The lowest BCUT2D eigenvalue weighted by molar-refractivity contribution is -0.595. The van der Waals surface area contributed by atoms with Crippen molar-refractivity contribution < 1.29 is 14.9 Å². The molecule has 0 amide bonds. The first-order valence-electron chi connectivity index (χ1n) is 7.50. The van der Waals surface area contributed by atoms with Crippen LogP contribution >= 0.6 is 0 Å². The van der Waals surface area contributed by atoms with Crippen molar-refractivity contribution in [3.8, 4) is 0 Å². The van der Waals surface area contributed by atoms with E-state index in [4.69, 9.17) is 0 Å². The number of non-ortho nitro benzene ring substituents is 1. The first-order valence-corrected chi connectivity index (χ1v) is 7.50. The van der Waals surface area contributed by atoms with Crippen molar-refractivity contribution >= 4 is 11.4 Å². The summed E-state index contributed by atoms with van der Waals surface area (Å²) in [4.78, 5) is 10.3. The Bertz CT molecular complexity index is 804. The summed E-state index contributed by atoms with van der Waals surface area (Å²) in [6, 6.07) is 14.2. The predicted molar refractivity (Wildman–Crippen MR) is 87.7 cm³/mol. The highest BCUT2D eigenvalue weighted by Gasteiger charge is 2.54. The number of rotatable bonds is 3. The van der Waals surface area contributed by atoms with Gasteiger partial charge in [0.15, 0.2) is 0 Å². The summed E-state index contributed by atoms with van der Waals surface area (Å²) < 4.78 is 0.772. The van der Waals surface area contributed by atoms with Crippen LogP contribution in [-0.4, -0.2) is 31.7 Å². The molecular weight excluding hydrogens is 310 g/mol. The average molecular weight is 327 g/mol. The molecule has 3 rings (SSSR count). The normalized spacial score (nSPS) is 24.4. The van der Waals surface area contributed by atoms with Crippen LogP contribution in [0.25, 0.3) is 0 Å². The van der Waals surface area contributed by atoms with E-state index in [0.717, 1.165) is 15.4 Å². The number of hydrogen-bond acceptors (Lipinski definition) is 5. The second kappa shape index (κ2) is 5.70. The molecule has 0 bridgehead atoms. The lowest BCUT2D eigenvalue weighted by Crippen LogP contribution is -2.45. The van der Waals surface area contributed by atoms with Crippen LogP contribution in [0.2, 0.25) is 0 Å². The molecule has 0 unspecified atom stereocenters. The van der Waals surface area contributed by atoms with Crippen molar-refractivity contribution in [2.45, 2.75) is 25.6 Å². The Hall–Kier alpha value is -2.77. The number of nitro benzene ring substituents is 1. The molecule has 0 saturated heterocycles. The fourth-order valence-corrected chi connectivity index (χ4v) is 3.11. The molecule has 0 saturated carbocycles. The van der Waals surface area contributed by atoms with Crippen molar-refractivity contribution in [1.82, 2.24) is 5.06 Å². The first-order chi connectivity index (χ1) is 11.4. The van der Waals surface area contributed by atoms with Gasteiger partial charge in [-0.15, -0.1) is 5.06 Å². The van der Waals surface area contributed by atoms with E-state index in [1.165, 1.54) is 24.3 Å². The Morgan fingerprint density at radius 2 is 1.75 bits per heavy atom. The van der Waals surface area contributed by atoms with E-state index < -0.39 is 16.6 Å². The van der Waals surface area contributed by atoms with E-state index in [1.54, 1.807) is 13.8 Å². The van der Waals surface area contributed by atoms with Crippen LogP contribution in [0.4, 0.5) is 5.69 Å². The molecule has 2 atom stereocenters. The summed E-state index contributed by atoms with van der Waals surface area (Å²) in [6.45, 7) is 3.33. The van der Waals surface area contributed by atoms with Gasteiger partial charge in [-0.25, -0.2) is 0 Å². The van der Waals surface area contributed by atoms with Gasteiger partial charge in [0, 0.05) is 30.2 Å². The van der Waals surface area contributed by atoms with Crippen LogP contribution < -0.4 is 0 Å². The summed E-state index contributed by atoms with van der Waals surface area (Å²) in [5, 5.41) is 35.4. The molecule has 2 aromatic rings. The summed E-state index contributed by atoms with van der Waals surface area (Å²) >= 11 is 0. The Morgan fingerprint density at radius 1 is 1.17 bits per heavy atom. The summed E-state index contributed by atoms with van der Waals surface area (Å²) in [5.41, 5.74) is 0.217.